The fourth-order valence-corrected chi connectivity index (χ4v) is 5.43. The van der Waals surface area contributed by atoms with Crippen LogP contribution < -0.4 is 5.32 Å². The Morgan fingerprint density at radius 3 is 2.38 bits per heavy atom. The maximum absolute atomic E-state index is 13.1. The van der Waals surface area contributed by atoms with E-state index in [9.17, 15) is 8.42 Å². The molecule has 5 nitrogen and oxygen atoms in total. The molecule has 2 heterocycles. The van der Waals surface area contributed by atoms with Crippen LogP contribution in [0, 0.1) is 0 Å². The normalized spacial score (nSPS) is 22.5. The maximum Gasteiger partial charge on any atom is 0.243 e. The zero-order valence-electron chi connectivity index (χ0n) is 14.8. The van der Waals surface area contributed by atoms with E-state index in [4.69, 9.17) is 0 Å². The maximum atomic E-state index is 13.1. The molecule has 138 valence electrons. The third kappa shape index (κ3) is 3.55. The number of piperazine rings is 1. The summed E-state index contributed by atoms with van der Waals surface area (Å²) in [6.45, 7) is 5.18. The van der Waals surface area contributed by atoms with Crippen molar-refractivity contribution >= 4 is 10.0 Å². The number of hydrogen-bond donors (Lipinski definition) is 1. The minimum atomic E-state index is -3.45. The summed E-state index contributed by atoms with van der Waals surface area (Å²) < 4.78 is 27.9. The molecule has 2 saturated heterocycles. The van der Waals surface area contributed by atoms with Gasteiger partial charge in [0.1, 0.15) is 0 Å². The van der Waals surface area contributed by atoms with E-state index in [1.165, 1.54) is 0 Å². The Kier molecular flexibility index (Phi) is 5.09. The predicted molar refractivity (Wildman–Crippen MR) is 103 cm³/mol. The van der Waals surface area contributed by atoms with Gasteiger partial charge in [0.05, 0.1) is 4.90 Å². The molecular formula is C20H25N3O2S. The van der Waals surface area contributed by atoms with Gasteiger partial charge in [0, 0.05) is 45.3 Å². The fourth-order valence-electron chi connectivity index (χ4n) is 3.89. The molecule has 6 heteroatoms. The summed E-state index contributed by atoms with van der Waals surface area (Å²) in [4.78, 5) is 2.81. The van der Waals surface area contributed by atoms with Crippen LogP contribution >= 0.6 is 0 Å². The van der Waals surface area contributed by atoms with Gasteiger partial charge in [-0.15, -0.1) is 0 Å². The van der Waals surface area contributed by atoms with Crippen molar-refractivity contribution in [1.82, 2.24) is 14.5 Å². The van der Waals surface area contributed by atoms with Crippen LogP contribution in [0.1, 0.15) is 6.42 Å². The average molecular weight is 372 g/mol. The second-order valence-electron chi connectivity index (χ2n) is 6.99. The molecule has 0 saturated carbocycles. The largest absolute Gasteiger partial charge is 0.314 e. The summed E-state index contributed by atoms with van der Waals surface area (Å²) in [5.41, 5.74) is 1.97. The van der Waals surface area contributed by atoms with Crippen LogP contribution in [0.3, 0.4) is 0 Å². The fraction of sp³-hybridized carbons (Fsp3) is 0.400. The van der Waals surface area contributed by atoms with E-state index in [0.29, 0.717) is 24.0 Å². The molecular weight excluding hydrogens is 346 g/mol. The number of nitrogens with zero attached hydrogens (tertiary/aromatic N) is 2. The van der Waals surface area contributed by atoms with Crippen molar-refractivity contribution in [3.8, 4) is 11.1 Å². The summed E-state index contributed by atoms with van der Waals surface area (Å²) >= 11 is 0. The van der Waals surface area contributed by atoms with Gasteiger partial charge in [0.2, 0.25) is 10.0 Å². The second kappa shape index (κ2) is 7.48. The highest BCUT2D eigenvalue weighted by molar-refractivity contribution is 7.89. The van der Waals surface area contributed by atoms with E-state index in [-0.39, 0.29) is 0 Å². The van der Waals surface area contributed by atoms with E-state index in [0.717, 1.165) is 43.7 Å². The quantitative estimate of drug-likeness (QED) is 0.893. The van der Waals surface area contributed by atoms with Crippen molar-refractivity contribution in [3.05, 3.63) is 54.6 Å². The third-order valence-electron chi connectivity index (χ3n) is 5.37. The standard InChI is InChI=1S/C20H25N3O2S/c24-26(25,23-12-9-19(16-23)22-13-10-21-11-14-22)20-8-4-7-18(15-20)17-5-2-1-3-6-17/h1-8,15,19,21H,9-14,16H2. The van der Waals surface area contributed by atoms with Crippen LogP contribution in [-0.2, 0) is 10.0 Å². The molecule has 2 aromatic carbocycles. The lowest BCUT2D eigenvalue weighted by molar-refractivity contribution is 0.179. The van der Waals surface area contributed by atoms with E-state index in [1.807, 2.05) is 42.5 Å². The molecule has 1 atom stereocenters. The second-order valence-corrected chi connectivity index (χ2v) is 8.92. The molecule has 0 bridgehead atoms. The molecule has 0 aliphatic carbocycles. The Morgan fingerprint density at radius 2 is 1.62 bits per heavy atom. The summed E-state index contributed by atoms with van der Waals surface area (Å²) in [5.74, 6) is 0. The van der Waals surface area contributed by atoms with Crippen molar-refractivity contribution in [1.29, 1.82) is 0 Å². The lowest BCUT2D eigenvalue weighted by Gasteiger charge is -2.32. The Morgan fingerprint density at radius 1 is 0.885 bits per heavy atom. The van der Waals surface area contributed by atoms with Gasteiger partial charge in [-0.25, -0.2) is 8.42 Å². The summed E-state index contributed by atoms with van der Waals surface area (Å²) in [6.07, 6.45) is 0.914. The molecule has 0 amide bonds. The van der Waals surface area contributed by atoms with Crippen molar-refractivity contribution < 1.29 is 8.42 Å². The number of benzene rings is 2. The zero-order chi connectivity index (χ0) is 18.0. The van der Waals surface area contributed by atoms with Gasteiger partial charge in [0.15, 0.2) is 0 Å². The van der Waals surface area contributed by atoms with Gasteiger partial charge >= 0.3 is 0 Å². The Bertz CT molecular complexity index is 848. The van der Waals surface area contributed by atoms with Crippen molar-refractivity contribution in [2.45, 2.75) is 17.4 Å². The van der Waals surface area contributed by atoms with Crippen molar-refractivity contribution in [2.24, 2.45) is 0 Å². The van der Waals surface area contributed by atoms with E-state index >= 15 is 0 Å². The highest BCUT2D eigenvalue weighted by atomic mass is 32.2. The molecule has 26 heavy (non-hydrogen) atoms. The highest BCUT2D eigenvalue weighted by Crippen LogP contribution is 2.27. The van der Waals surface area contributed by atoms with Crippen LogP contribution in [0.25, 0.3) is 11.1 Å². The third-order valence-corrected chi connectivity index (χ3v) is 7.23. The molecule has 0 aromatic heterocycles. The van der Waals surface area contributed by atoms with Crippen LogP contribution in [0.4, 0.5) is 0 Å². The number of hydrogen-bond acceptors (Lipinski definition) is 4. The van der Waals surface area contributed by atoms with Crippen molar-refractivity contribution in [2.75, 3.05) is 39.3 Å². The minimum Gasteiger partial charge on any atom is -0.314 e. The van der Waals surface area contributed by atoms with Gasteiger partial charge in [-0.1, -0.05) is 42.5 Å². The van der Waals surface area contributed by atoms with Crippen LogP contribution in [0.15, 0.2) is 59.5 Å². The van der Waals surface area contributed by atoms with E-state index < -0.39 is 10.0 Å². The molecule has 2 aliphatic heterocycles. The molecule has 1 N–H and O–H groups in total. The molecule has 0 spiro atoms. The monoisotopic (exact) mass is 371 g/mol. The summed E-state index contributed by atoms with van der Waals surface area (Å²) in [7, 11) is -3.45. The Hall–Kier alpha value is -1.73. The minimum absolute atomic E-state index is 0.337. The van der Waals surface area contributed by atoms with Gasteiger partial charge in [-0.05, 0) is 29.7 Å². The SMILES string of the molecule is O=S(=O)(c1cccc(-c2ccccc2)c1)N1CCC(N2CCNCC2)C1. The van der Waals surface area contributed by atoms with E-state index in [1.54, 1.807) is 16.4 Å². The Balaban J connectivity index is 1.54. The molecule has 2 aliphatic rings. The first-order chi connectivity index (χ1) is 12.6. The first kappa shape index (κ1) is 17.7. The smallest absolute Gasteiger partial charge is 0.243 e. The number of rotatable bonds is 4. The molecule has 2 aromatic rings. The van der Waals surface area contributed by atoms with Crippen LogP contribution in [-0.4, -0.2) is 62.9 Å². The highest BCUT2D eigenvalue weighted by Gasteiger charge is 2.35. The summed E-state index contributed by atoms with van der Waals surface area (Å²) in [6, 6.07) is 17.5. The molecule has 0 radical (unpaired) electrons. The topological polar surface area (TPSA) is 52.7 Å². The lowest BCUT2D eigenvalue weighted by Crippen LogP contribution is -2.49. The lowest BCUT2D eigenvalue weighted by atomic mass is 10.1. The number of nitrogens with one attached hydrogen (secondary N) is 1. The first-order valence-electron chi connectivity index (χ1n) is 9.25. The van der Waals surface area contributed by atoms with E-state index in [2.05, 4.69) is 10.2 Å². The predicted octanol–water partition coefficient (Wildman–Crippen LogP) is 2.02. The molecule has 2 fully saturated rings. The van der Waals surface area contributed by atoms with Crippen molar-refractivity contribution in [3.63, 3.8) is 0 Å². The van der Waals surface area contributed by atoms with Crippen LogP contribution in [0.2, 0.25) is 0 Å². The average Bonchev–Trinajstić information content (AvgIpc) is 3.21. The zero-order valence-corrected chi connectivity index (χ0v) is 15.7. The van der Waals surface area contributed by atoms with Gasteiger partial charge in [-0.2, -0.15) is 4.31 Å². The number of sulfonamides is 1. The molecule has 4 rings (SSSR count). The van der Waals surface area contributed by atoms with Gasteiger partial charge in [0.25, 0.3) is 0 Å². The molecule has 1 unspecified atom stereocenters. The van der Waals surface area contributed by atoms with Crippen LogP contribution in [0.5, 0.6) is 0 Å². The van der Waals surface area contributed by atoms with Gasteiger partial charge < -0.3 is 5.32 Å². The summed E-state index contributed by atoms with van der Waals surface area (Å²) in [5, 5.41) is 3.35. The first-order valence-corrected chi connectivity index (χ1v) is 10.7. The van der Waals surface area contributed by atoms with Gasteiger partial charge in [-0.3, -0.25) is 4.90 Å². The Labute approximate surface area is 155 Å².